The SMILES string of the molecule is Cc1oc(-c2ccc(Cl)cc2)cc1C(=O)Nc1nnc(SCc2ccccc2)s1. The molecular formula is C21H16ClN3O2S2. The maximum absolute atomic E-state index is 12.7. The summed E-state index contributed by atoms with van der Waals surface area (Å²) < 4.78 is 6.55. The lowest BCUT2D eigenvalue weighted by atomic mass is 10.1. The van der Waals surface area contributed by atoms with Crippen LogP contribution in [0.4, 0.5) is 5.13 Å². The minimum absolute atomic E-state index is 0.276. The highest BCUT2D eigenvalue weighted by atomic mass is 35.5. The molecule has 0 aliphatic carbocycles. The van der Waals surface area contributed by atoms with E-state index >= 15 is 0 Å². The second-order valence-electron chi connectivity index (χ2n) is 6.19. The van der Waals surface area contributed by atoms with Crippen molar-refractivity contribution in [2.75, 3.05) is 5.32 Å². The number of amides is 1. The van der Waals surface area contributed by atoms with Crippen molar-refractivity contribution >= 4 is 45.7 Å². The van der Waals surface area contributed by atoms with Crippen molar-refractivity contribution in [3.63, 3.8) is 0 Å². The molecule has 8 heteroatoms. The lowest BCUT2D eigenvalue weighted by molar-refractivity contribution is 0.102. The van der Waals surface area contributed by atoms with Gasteiger partial charge in [0, 0.05) is 16.3 Å². The molecule has 2 aromatic heterocycles. The third-order valence-electron chi connectivity index (χ3n) is 4.12. The van der Waals surface area contributed by atoms with E-state index in [0.717, 1.165) is 15.7 Å². The monoisotopic (exact) mass is 441 g/mol. The Hall–Kier alpha value is -2.61. The second-order valence-corrected chi connectivity index (χ2v) is 8.83. The van der Waals surface area contributed by atoms with E-state index in [-0.39, 0.29) is 5.91 Å². The van der Waals surface area contributed by atoms with Gasteiger partial charge in [0.05, 0.1) is 5.56 Å². The van der Waals surface area contributed by atoms with E-state index in [9.17, 15) is 4.79 Å². The van der Waals surface area contributed by atoms with Crippen LogP contribution in [0.1, 0.15) is 21.7 Å². The van der Waals surface area contributed by atoms with Crippen LogP contribution in [-0.2, 0) is 5.75 Å². The van der Waals surface area contributed by atoms with E-state index in [4.69, 9.17) is 16.0 Å². The van der Waals surface area contributed by atoms with Gasteiger partial charge in [-0.05, 0) is 42.8 Å². The van der Waals surface area contributed by atoms with Gasteiger partial charge in [0.1, 0.15) is 11.5 Å². The number of anilines is 1. The normalized spacial score (nSPS) is 10.8. The standard InChI is InChI=1S/C21H16ClN3O2S2/c1-13-17(11-18(27-13)15-7-9-16(22)10-8-15)19(26)23-20-24-25-21(29-20)28-12-14-5-3-2-4-6-14/h2-11H,12H2,1H3,(H,23,24,26). The van der Waals surface area contributed by atoms with Gasteiger partial charge in [-0.1, -0.05) is 65.0 Å². The first-order chi connectivity index (χ1) is 14.1. The highest BCUT2D eigenvalue weighted by molar-refractivity contribution is 8.00. The maximum Gasteiger partial charge on any atom is 0.261 e. The topological polar surface area (TPSA) is 68.0 Å². The smallest absolute Gasteiger partial charge is 0.261 e. The number of carbonyl (C=O) groups is 1. The molecule has 29 heavy (non-hydrogen) atoms. The molecule has 1 N–H and O–H groups in total. The van der Waals surface area contributed by atoms with Crippen LogP contribution in [0.5, 0.6) is 0 Å². The Morgan fingerprint density at radius 3 is 2.66 bits per heavy atom. The van der Waals surface area contributed by atoms with Gasteiger partial charge in [-0.25, -0.2) is 0 Å². The van der Waals surface area contributed by atoms with Crippen molar-refractivity contribution in [2.45, 2.75) is 17.0 Å². The first kappa shape index (κ1) is 19.7. The first-order valence-electron chi connectivity index (χ1n) is 8.76. The van der Waals surface area contributed by atoms with Gasteiger partial charge >= 0.3 is 0 Å². The Morgan fingerprint density at radius 1 is 1.14 bits per heavy atom. The van der Waals surface area contributed by atoms with Crippen molar-refractivity contribution in [2.24, 2.45) is 0 Å². The number of carbonyl (C=O) groups excluding carboxylic acids is 1. The molecule has 4 aromatic rings. The maximum atomic E-state index is 12.7. The molecule has 0 bridgehead atoms. The lowest BCUT2D eigenvalue weighted by Crippen LogP contribution is -2.11. The molecule has 0 radical (unpaired) electrons. The summed E-state index contributed by atoms with van der Waals surface area (Å²) in [5, 5.41) is 12.1. The zero-order valence-corrected chi connectivity index (χ0v) is 17.8. The Labute approximate surface area is 181 Å². The highest BCUT2D eigenvalue weighted by Gasteiger charge is 2.18. The van der Waals surface area contributed by atoms with Crippen LogP contribution in [-0.4, -0.2) is 16.1 Å². The van der Waals surface area contributed by atoms with Crippen LogP contribution in [0.15, 0.2) is 69.4 Å². The minimum Gasteiger partial charge on any atom is -0.461 e. The molecule has 1 amide bonds. The van der Waals surface area contributed by atoms with Crippen LogP contribution < -0.4 is 5.32 Å². The van der Waals surface area contributed by atoms with Gasteiger partial charge in [0.25, 0.3) is 5.91 Å². The summed E-state index contributed by atoms with van der Waals surface area (Å²) in [5.41, 5.74) is 2.53. The number of aromatic nitrogens is 2. The van der Waals surface area contributed by atoms with E-state index in [1.54, 1.807) is 36.9 Å². The summed E-state index contributed by atoms with van der Waals surface area (Å²) in [4.78, 5) is 12.7. The Bertz CT molecular complexity index is 1120. The van der Waals surface area contributed by atoms with Crippen LogP contribution in [0.25, 0.3) is 11.3 Å². The van der Waals surface area contributed by atoms with Gasteiger partial charge in [-0.15, -0.1) is 10.2 Å². The van der Waals surface area contributed by atoms with Gasteiger partial charge < -0.3 is 4.42 Å². The minimum atomic E-state index is -0.276. The largest absolute Gasteiger partial charge is 0.461 e. The molecule has 146 valence electrons. The molecule has 2 aromatic carbocycles. The van der Waals surface area contributed by atoms with E-state index in [1.807, 2.05) is 30.3 Å². The predicted octanol–water partition coefficient (Wildman–Crippen LogP) is 6.30. The number of aryl methyl sites for hydroxylation is 1. The zero-order chi connectivity index (χ0) is 20.2. The second kappa shape index (κ2) is 8.82. The van der Waals surface area contributed by atoms with E-state index < -0.39 is 0 Å². The molecule has 2 heterocycles. The van der Waals surface area contributed by atoms with Crippen molar-refractivity contribution < 1.29 is 9.21 Å². The van der Waals surface area contributed by atoms with Crippen LogP contribution in [0.2, 0.25) is 5.02 Å². The van der Waals surface area contributed by atoms with Crippen molar-refractivity contribution in [3.8, 4) is 11.3 Å². The summed E-state index contributed by atoms with van der Waals surface area (Å²) >= 11 is 8.86. The van der Waals surface area contributed by atoms with Gasteiger partial charge in [-0.3, -0.25) is 10.1 Å². The Morgan fingerprint density at radius 2 is 1.90 bits per heavy atom. The number of nitrogens with zero attached hydrogens (tertiary/aromatic N) is 2. The molecule has 0 spiro atoms. The van der Waals surface area contributed by atoms with E-state index in [1.165, 1.54) is 16.9 Å². The number of furan rings is 1. The summed E-state index contributed by atoms with van der Waals surface area (Å²) in [6, 6.07) is 19.1. The van der Waals surface area contributed by atoms with E-state index in [0.29, 0.717) is 27.2 Å². The number of thioether (sulfide) groups is 1. The number of nitrogens with one attached hydrogen (secondary N) is 1. The molecule has 0 saturated carbocycles. The molecule has 0 saturated heterocycles. The van der Waals surface area contributed by atoms with Crippen molar-refractivity contribution in [1.82, 2.24) is 10.2 Å². The molecule has 0 atom stereocenters. The van der Waals surface area contributed by atoms with Crippen LogP contribution >= 0.6 is 34.7 Å². The number of hydrogen-bond acceptors (Lipinski definition) is 6. The number of hydrogen-bond donors (Lipinski definition) is 1. The molecule has 4 rings (SSSR count). The molecule has 0 aliphatic heterocycles. The summed E-state index contributed by atoms with van der Waals surface area (Å²) in [6.45, 7) is 1.76. The summed E-state index contributed by atoms with van der Waals surface area (Å²) in [6.07, 6.45) is 0. The fraction of sp³-hybridized carbons (Fsp3) is 0.0952. The van der Waals surface area contributed by atoms with Gasteiger partial charge in [0.15, 0.2) is 4.34 Å². The third kappa shape index (κ3) is 4.87. The lowest BCUT2D eigenvalue weighted by Gasteiger charge is -1.98. The number of benzene rings is 2. The van der Waals surface area contributed by atoms with Crippen LogP contribution in [0.3, 0.4) is 0 Å². The molecular weight excluding hydrogens is 426 g/mol. The zero-order valence-electron chi connectivity index (χ0n) is 15.4. The summed E-state index contributed by atoms with van der Waals surface area (Å²) in [7, 11) is 0. The molecule has 0 aliphatic rings. The van der Waals surface area contributed by atoms with E-state index in [2.05, 4.69) is 27.6 Å². The first-order valence-corrected chi connectivity index (χ1v) is 10.9. The fourth-order valence-electron chi connectivity index (χ4n) is 2.67. The van der Waals surface area contributed by atoms with Crippen molar-refractivity contribution in [1.29, 1.82) is 0 Å². The Balaban J connectivity index is 1.42. The number of rotatable bonds is 6. The molecule has 5 nitrogen and oxygen atoms in total. The predicted molar refractivity (Wildman–Crippen MR) is 118 cm³/mol. The quantitative estimate of drug-likeness (QED) is 0.280. The van der Waals surface area contributed by atoms with Gasteiger partial charge in [-0.2, -0.15) is 0 Å². The Kier molecular flexibility index (Phi) is 5.99. The average molecular weight is 442 g/mol. The average Bonchev–Trinajstić information content (AvgIpc) is 3.34. The van der Waals surface area contributed by atoms with Gasteiger partial charge in [0.2, 0.25) is 5.13 Å². The molecule has 0 fully saturated rings. The fourth-order valence-corrected chi connectivity index (χ4v) is 4.50. The number of halogens is 1. The third-order valence-corrected chi connectivity index (χ3v) is 6.42. The summed E-state index contributed by atoms with van der Waals surface area (Å²) in [5.74, 6) is 1.67. The van der Waals surface area contributed by atoms with Crippen LogP contribution in [0, 0.1) is 6.92 Å². The molecule has 0 unspecified atom stereocenters. The van der Waals surface area contributed by atoms with Crippen molar-refractivity contribution in [3.05, 3.63) is 82.6 Å². The highest BCUT2D eigenvalue weighted by Crippen LogP contribution is 2.30.